The topological polar surface area (TPSA) is 128 Å². The van der Waals surface area contributed by atoms with Gasteiger partial charge in [-0.05, 0) is 91.9 Å². The van der Waals surface area contributed by atoms with Crippen LogP contribution < -0.4 is 14.8 Å². The van der Waals surface area contributed by atoms with Crippen molar-refractivity contribution in [3.63, 3.8) is 0 Å². The second-order valence-electron chi connectivity index (χ2n) is 13.4. The Hall–Kier alpha value is -3.20. The van der Waals surface area contributed by atoms with Gasteiger partial charge in [-0.25, -0.2) is 0 Å². The molecule has 0 radical (unpaired) electrons. The summed E-state index contributed by atoms with van der Waals surface area (Å²) in [5.74, 6) is 1.21. The quantitative estimate of drug-likeness (QED) is 0.439. The Bertz CT molecular complexity index is 1340. The molecule has 3 fully saturated rings. The maximum atomic E-state index is 13.4. The average molecular weight is 580 g/mol. The second-order valence-corrected chi connectivity index (χ2v) is 13.4. The minimum Gasteiger partial charge on any atom is -0.458 e. The van der Waals surface area contributed by atoms with Crippen LogP contribution in [0.2, 0.25) is 0 Å². The number of allylic oxidation sites excluding steroid dienone is 1. The van der Waals surface area contributed by atoms with Gasteiger partial charge in [-0.3, -0.25) is 19.2 Å². The van der Waals surface area contributed by atoms with Crippen LogP contribution in [0.5, 0.6) is 11.5 Å². The van der Waals surface area contributed by atoms with E-state index in [-0.39, 0.29) is 49.2 Å². The molecule has 6 atom stereocenters. The molecule has 4 aliphatic carbocycles. The van der Waals surface area contributed by atoms with Crippen molar-refractivity contribution in [2.45, 2.75) is 90.2 Å². The van der Waals surface area contributed by atoms with Gasteiger partial charge in [0, 0.05) is 24.8 Å². The number of carbonyl (C=O) groups is 4. The standard InChI is InChI=1S/C33H41NO8/c1-31-12-9-22(35)16-21(31)4-5-23-24(31)10-13-32(2)25(23)11-14-33(32,39)28(36)18-40-30(38)8-7-29(37)34-17-20-3-6-26-27(15-20)42-19-41-26/h3,6,15-16,23-25,39H,4-5,7-14,17-19H2,1-2H3,(H,34,37). The first kappa shape index (κ1) is 28.9. The number of benzene rings is 1. The zero-order valence-corrected chi connectivity index (χ0v) is 24.5. The summed E-state index contributed by atoms with van der Waals surface area (Å²) < 4.78 is 15.9. The number of ether oxygens (including phenoxy) is 3. The van der Waals surface area contributed by atoms with Crippen LogP contribution in [0, 0.1) is 28.6 Å². The lowest BCUT2D eigenvalue weighted by Crippen LogP contribution is -2.58. The normalized spacial score (nSPS) is 34.5. The van der Waals surface area contributed by atoms with E-state index in [2.05, 4.69) is 12.2 Å². The highest BCUT2D eigenvalue weighted by molar-refractivity contribution is 5.92. The Kier molecular flexibility index (Phi) is 7.44. The number of carbonyl (C=O) groups excluding carboxylic acids is 4. The Morgan fingerprint density at radius 3 is 2.62 bits per heavy atom. The van der Waals surface area contributed by atoms with Crippen molar-refractivity contribution < 1.29 is 38.5 Å². The van der Waals surface area contributed by atoms with Crippen molar-refractivity contribution in [1.29, 1.82) is 0 Å². The van der Waals surface area contributed by atoms with E-state index in [0.717, 1.165) is 44.1 Å². The first-order valence-corrected chi connectivity index (χ1v) is 15.3. The number of ketones is 2. The van der Waals surface area contributed by atoms with Gasteiger partial charge in [0.05, 0.1) is 6.42 Å². The Balaban J connectivity index is 0.998. The smallest absolute Gasteiger partial charge is 0.306 e. The number of Topliss-reactive ketones (excluding diaryl/α,β-unsaturated/α-hetero) is 1. The Labute approximate surface area is 246 Å². The molecule has 1 amide bonds. The van der Waals surface area contributed by atoms with Crippen molar-refractivity contribution in [2.24, 2.45) is 28.6 Å². The van der Waals surface area contributed by atoms with Gasteiger partial charge >= 0.3 is 5.97 Å². The molecule has 9 nitrogen and oxygen atoms in total. The number of rotatable bonds is 8. The van der Waals surface area contributed by atoms with Crippen molar-refractivity contribution in [1.82, 2.24) is 5.32 Å². The van der Waals surface area contributed by atoms with Crippen LogP contribution in [-0.2, 0) is 30.5 Å². The summed E-state index contributed by atoms with van der Waals surface area (Å²) in [4.78, 5) is 50.2. The summed E-state index contributed by atoms with van der Waals surface area (Å²) in [6, 6.07) is 5.42. The highest BCUT2D eigenvalue weighted by Gasteiger charge is 2.66. The molecule has 1 aliphatic heterocycles. The molecule has 6 rings (SSSR count). The highest BCUT2D eigenvalue weighted by Crippen LogP contribution is 2.67. The number of fused-ring (bicyclic) bond motifs is 6. The molecule has 42 heavy (non-hydrogen) atoms. The van der Waals surface area contributed by atoms with Crippen LogP contribution in [0.3, 0.4) is 0 Å². The lowest BCUT2D eigenvalue weighted by molar-refractivity contribution is -0.170. The van der Waals surface area contributed by atoms with E-state index in [1.165, 1.54) is 5.57 Å². The van der Waals surface area contributed by atoms with E-state index in [4.69, 9.17) is 14.2 Å². The van der Waals surface area contributed by atoms with E-state index in [0.29, 0.717) is 36.2 Å². The summed E-state index contributed by atoms with van der Waals surface area (Å²) in [6.07, 6.45) is 7.83. The molecule has 6 unspecified atom stereocenters. The number of nitrogens with one attached hydrogen (secondary N) is 1. The minimum atomic E-state index is -1.54. The molecule has 9 heteroatoms. The molecule has 0 spiro atoms. The Morgan fingerprint density at radius 1 is 1.00 bits per heavy atom. The molecule has 2 N–H and O–H groups in total. The van der Waals surface area contributed by atoms with E-state index in [1.54, 1.807) is 12.1 Å². The molecule has 5 aliphatic rings. The molecular weight excluding hydrogens is 538 g/mol. The third-order valence-electron chi connectivity index (χ3n) is 11.4. The third kappa shape index (κ3) is 4.83. The van der Waals surface area contributed by atoms with Crippen LogP contribution >= 0.6 is 0 Å². The van der Waals surface area contributed by atoms with Crippen molar-refractivity contribution >= 4 is 23.4 Å². The van der Waals surface area contributed by atoms with E-state index < -0.39 is 29.4 Å². The van der Waals surface area contributed by atoms with E-state index in [9.17, 15) is 24.3 Å². The van der Waals surface area contributed by atoms with Crippen LogP contribution in [-0.4, -0.2) is 47.6 Å². The fraction of sp³-hybridized carbons (Fsp3) is 0.636. The molecule has 0 bridgehead atoms. The lowest BCUT2D eigenvalue weighted by atomic mass is 9.46. The van der Waals surface area contributed by atoms with Crippen LogP contribution in [0.25, 0.3) is 0 Å². The number of aliphatic hydroxyl groups is 1. The number of hydrogen-bond donors (Lipinski definition) is 2. The summed E-state index contributed by atoms with van der Waals surface area (Å²) in [6.45, 7) is 4.33. The SMILES string of the molecule is CC12CCC(=O)C=C1CCC1C2CCC2(C)C1CCC2(O)C(=O)COC(=O)CCC(=O)NCc1ccc2c(c1)OCO2. The van der Waals surface area contributed by atoms with Crippen molar-refractivity contribution in [3.05, 3.63) is 35.4 Å². The highest BCUT2D eigenvalue weighted by atomic mass is 16.7. The maximum Gasteiger partial charge on any atom is 0.306 e. The molecule has 226 valence electrons. The third-order valence-corrected chi connectivity index (χ3v) is 11.4. The zero-order valence-electron chi connectivity index (χ0n) is 24.5. The summed E-state index contributed by atoms with van der Waals surface area (Å²) >= 11 is 0. The Morgan fingerprint density at radius 2 is 1.79 bits per heavy atom. The maximum absolute atomic E-state index is 13.4. The summed E-state index contributed by atoms with van der Waals surface area (Å²) in [5, 5.41) is 14.6. The first-order valence-electron chi connectivity index (χ1n) is 15.3. The largest absolute Gasteiger partial charge is 0.458 e. The fourth-order valence-electron chi connectivity index (χ4n) is 8.93. The molecule has 1 aromatic rings. The van der Waals surface area contributed by atoms with Gasteiger partial charge in [0.25, 0.3) is 0 Å². The number of esters is 1. The predicted molar refractivity (Wildman–Crippen MR) is 151 cm³/mol. The van der Waals surface area contributed by atoms with Gasteiger partial charge < -0.3 is 24.6 Å². The monoisotopic (exact) mass is 579 g/mol. The number of amides is 1. The van der Waals surface area contributed by atoms with Gasteiger partial charge in [0.1, 0.15) is 5.60 Å². The molecule has 1 aromatic carbocycles. The molecule has 0 saturated heterocycles. The van der Waals surface area contributed by atoms with E-state index >= 15 is 0 Å². The van der Waals surface area contributed by atoms with Gasteiger partial charge in [0.15, 0.2) is 23.9 Å². The van der Waals surface area contributed by atoms with Crippen LogP contribution in [0.1, 0.15) is 83.6 Å². The molecule has 3 saturated carbocycles. The predicted octanol–water partition coefficient (Wildman–Crippen LogP) is 4.19. The van der Waals surface area contributed by atoms with Crippen molar-refractivity contribution in [2.75, 3.05) is 13.4 Å². The van der Waals surface area contributed by atoms with Gasteiger partial charge in [0.2, 0.25) is 18.5 Å². The van der Waals surface area contributed by atoms with Gasteiger partial charge in [-0.2, -0.15) is 0 Å². The fourth-order valence-corrected chi connectivity index (χ4v) is 8.93. The van der Waals surface area contributed by atoms with E-state index in [1.807, 2.05) is 19.1 Å². The molecule has 1 heterocycles. The first-order chi connectivity index (χ1) is 20.0. The van der Waals surface area contributed by atoms with Gasteiger partial charge in [-0.1, -0.05) is 25.5 Å². The summed E-state index contributed by atoms with van der Waals surface area (Å²) in [7, 11) is 0. The lowest BCUT2D eigenvalue weighted by Gasteiger charge is -2.58. The molecular formula is C33H41NO8. The number of hydrogen-bond acceptors (Lipinski definition) is 8. The van der Waals surface area contributed by atoms with Crippen LogP contribution in [0.4, 0.5) is 0 Å². The van der Waals surface area contributed by atoms with Crippen LogP contribution in [0.15, 0.2) is 29.8 Å². The minimum absolute atomic E-state index is 0.0230. The van der Waals surface area contributed by atoms with Crippen molar-refractivity contribution in [3.8, 4) is 11.5 Å². The molecule has 0 aromatic heterocycles. The second kappa shape index (κ2) is 10.8. The zero-order chi connectivity index (χ0) is 29.7. The van der Waals surface area contributed by atoms with Gasteiger partial charge in [-0.15, -0.1) is 0 Å². The summed E-state index contributed by atoms with van der Waals surface area (Å²) in [5.41, 5.74) is 0.0505. The average Bonchev–Trinajstić information content (AvgIpc) is 3.56.